The third-order valence-electron chi connectivity index (χ3n) is 5.69. The lowest BCUT2D eigenvalue weighted by Crippen LogP contribution is -2.49. The summed E-state index contributed by atoms with van der Waals surface area (Å²) in [7, 11) is 0. The van der Waals surface area contributed by atoms with Gasteiger partial charge in [-0.3, -0.25) is 4.79 Å². The van der Waals surface area contributed by atoms with Crippen LogP contribution in [0.2, 0.25) is 0 Å². The van der Waals surface area contributed by atoms with E-state index < -0.39 is 0 Å². The van der Waals surface area contributed by atoms with Gasteiger partial charge in [0.2, 0.25) is 5.91 Å². The van der Waals surface area contributed by atoms with Gasteiger partial charge < -0.3 is 14.7 Å². The molecule has 0 radical (unpaired) electrons. The maximum Gasteiger partial charge on any atom is 0.224 e. The summed E-state index contributed by atoms with van der Waals surface area (Å²) < 4.78 is 0. The SMILES string of the molecule is O=C(CCN(Cc1ccccc1)c1ccccc1)N1CCN(c2ccccc2)CC1. The Hall–Kier alpha value is -3.27. The topological polar surface area (TPSA) is 26.8 Å². The fourth-order valence-corrected chi connectivity index (χ4v) is 3.98. The van der Waals surface area contributed by atoms with E-state index in [1.165, 1.54) is 11.3 Å². The second-order valence-electron chi connectivity index (χ2n) is 7.70. The van der Waals surface area contributed by atoms with Gasteiger partial charge in [0, 0.05) is 57.1 Å². The first-order chi connectivity index (χ1) is 14.8. The van der Waals surface area contributed by atoms with Crippen LogP contribution >= 0.6 is 0 Å². The Kier molecular flexibility index (Phi) is 6.65. The number of rotatable bonds is 7. The monoisotopic (exact) mass is 399 g/mol. The average Bonchev–Trinajstić information content (AvgIpc) is 2.83. The minimum absolute atomic E-state index is 0.247. The van der Waals surface area contributed by atoms with Gasteiger partial charge in [-0.25, -0.2) is 0 Å². The van der Waals surface area contributed by atoms with Gasteiger partial charge in [-0.05, 0) is 29.8 Å². The van der Waals surface area contributed by atoms with E-state index in [0.29, 0.717) is 6.42 Å². The van der Waals surface area contributed by atoms with Crippen LogP contribution in [0.3, 0.4) is 0 Å². The molecular formula is C26H29N3O. The first kappa shape index (κ1) is 20.0. The molecule has 3 aromatic rings. The number of carbonyl (C=O) groups excluding carboxylic acids is 1. The van der Waals surface area contributed by atoms with Crippen LogP contribution in [0.4, 0.5) is 11.4 Å². The Balaban J connectivity index is 1.34. The van der Waals surface area contributed by atoms with Crippen molar-refractivity contribution in [2.75, 3.05) is 42.5 Å². The Morgan fingerprint density at radius 2 is 1.30 bits per heavy atom. The van der Waals surface area contributed by atoms with Gasteiger partial charge in [0.1, 0.15) is 0 Å². The Morgan fingerprint density at radius 3 is 1.93 bits per heavy atom. The Labute approximate surface area is 179 Å². The van der Waals surface area contributed by atoms with Crippen LogP contribution in [0, 0.1) is 0 Å². The molecule has 1 aliphatic rings. The smallest absolute Gasteiger partial charge is 0.224 e. The third-order valence-corrected chi connectivity index (χ3v) is 5.69. The normalized spacial score (nSPS) is 13.9. The molecule has 0 bridgehead atoms. The average molecular weight is 400 g/mol. The molecule has 0 atom stereocenters. The van der Waals surface area contributed by atoms with E-state index in [9.17, 15) is 4.79 Å². The summed E-state index contributed by atoms with van der Waals surface area (Å²) in [6.07, 6.45) is 0.535. The first-order valence-electron chi connectivity index (χ1n) is 10.7. The van der Waals surface area contributed by atoms with Gasteiger partial charge in [0.15, 0.2) is 0 Å². The molecule has 3 aromatic carbocycles. The maximum atomic E-state index is 12.9. The van der Waals surface area contributed by atoms with Crippen LogP contribution in [0.1, 0.15) is 12.0 Å². The fourth-order valence-electron chi connectivity index (χ4n) is 3.98. The summed E-state index contributed by atoms with van der Waals surface area (Å²) in [6, 6.07) is 31.3. The van der Waals surface area contributed by atoms with Crippen molar-refractivity contribution in [1.82, 2.24) is 4.90 Å². The van der Waals surface area contributed by atoms with Crippen LogP contribution in [0.15, 0.2) is 91.0 Å². The number of nitrogens with zero attached hydrogens (tertiary/aromatic N) is 3. The lowest BCUT2D eigenvalue weighted by atomic mass is 10.1. The van der Waals surface area contributed by atoms with E-state index in [1.54, 1.807) is 0 Å². The molecule has 4 heteroatoms. The summed E-state index contributed by atoms with van der Waals surface area (Å²) in [6.45, 7) is 4.89. The van der Waals surface area contributed by atoms with E-state index in [1.807, 2.05) is 23.1 Å². The number of anilines is 2. The summed E-state index contributed by atoms with van der Waals surface area (Å²) in [5.41, 5.74) is 3.65. The van der Waals surface area contributed by atoms with Crippen molar-refractivity contribution in [2.45, 2.75) is 13.0 Å². The van der Waals surface area contributed by atoms with E-state index >= 15 is 0 Å². The second-order valence-corrected chi connectivity index (χ2v) is 7.70. The Bertz CT molecular complexity index is 907. The third kappa shape index (κ3) is 5.20. The van der Waals surface area contributed by atoms with Crippen molar-refractivity contribution >= 4 is 17.3 Å². The largest absolute Gasteiger partial charge is 0.368 e. The fraction of sp³-hybridized carbons (Fsp3) is 0.269. The zero-order valence-electron chi connectivity index (χ0n) is 17.4. The van der Waals surface area contributed by atoms with E-state index in [-0.39, 0.29) is 5.91 Å². The molecule has 0 aromatic heterocycles. The molecule has 30 heavy (non-hydrogen) atoms. The molecule has 1 saturated heterocycles. The maximum absolute atomic E-state index is 12.9. The van der Waals surface area contributed by atoms with Crippen molar-refractivity contribution in [3.05, 3.63) is 96.6 Å². The minimum Gasteiger partial charge on any atom is -0.368 e. The molecule has 1 fully saturated rings. The highest BCUT2D eigenvalue weighted by Gasteiger charge is 2.21. The highest BCUT2D eigenvalue weighted by Crippen LogP contribution is 2.19. The number of benzene rings is 3. The molecule has 4 rings (SSSR count). The van der Waals surface area contributed by atoms with Gasteiger partial charge in [-0.1, -0.05) is 66.7 Å². The predicted octanol–water partition coefficient (Wildman–Crippen LogP) is 4.43. The van der Waals surface area contributed by atoms with Crippen molar-refractivity contribution < 1.29 is 4.79 Å². The van der Waals surface area contributed by atoms with E-state index in [4.69, 9.17) is 0 Å². The summed E-state index contributed by atoms with van der Waals surface area (Å²) in [5.74, 6) is 0.247. The van der Waals surface area contributed by atoms with Gasteiger partial charge in [0.05, 0.1) is 0 Å². The van der Waals surface area contributed by atoms with Crippen LogP contribution in [-0.4, -0.2) is 43.5 Å². The first-order valence-corrected chi connectivity index (χ1v) is 10.7. The molecule has 0 N–H and O–H groups in total. The second kappa shape index (κ2) is 9.97. The van der Waals surface area contributed by atoms with Gasteiger partial charge in [-0.15, -0.1) is 0 Å². The highest BCUT2D eigenvalue weighted by molar-refractivity contribution is 5.77. The number of para-hydroxylation sites is 2. The lowest BCUT2D eigenvalue weighted by molar-refractivity contribution is -0.131. The number of hydrogen-bond acceptors (Lipinski definition) is 3. The molecule has 0 spiro atoms. The van der Waals surface area contributed by atoms with Crippen LogP contribution in [0.5, 0.6) is 0 Å². The quantitative estimate of drug-likeness (QED) is 0.588. The standard InChI is InChI=1S/C26H29N3O/c30-26(28-20-18-27(19-21-28)24-12-6-2-7-13-24)16-17-29(25-14-8-3-9-15-25)22-23-10-4-1-5-11-23/h1-15H,16-22H2. The van der Waals surface area contributed by atoms with Gasteiger partial charge in [0.25, 0.3) is 0 Å². The van der Waals surface area contributed by atoms with E-state index in [0.717, 1.165) is 45.0 Å². The molecule has 1 heterocycles. The molecular weight excluding hydrogens is 370 g/mol. The van der Waals surface area contributed by atoms with Gasteiger partial charge >= 0.3 is 0 Å². The predicted molar refractivity (Wildman–Crippen MR) is 124 cm³/mol. The lowest BCUT2D eigenvalue weighted by Gasteiger charge is -2.36. The van der Waals surface area contributed by atoms with Gasteiger partial charge in [-0.2, -0.15) is 0 Å². The molecule has 1 amide bonds. The molecule has 154 valence electrons. The van der Waals surface area contributed by atoms with Crippen molar-refractivity contribution in [2.24, 2.45) is 0 Å². The minimum atomic E-state index is 0.247. The summed E-state index contributed by atoms with van der Waals surface area (Å²) >= 11 is 0. The molecule has 1 aliphatic heterocycles. The molecule has 0 saturated carbocycles. The van der Waals surface area contributed by atoms with Crippen LogP contribution in [-0.2, 0) is 11.3 Å². The molecule has 4 nitrogen and oxygen atoms in total. The highest BCUT2D eigenvalue weighted by atomic mass is 16.2. The van der Waals surface area contributed by atoms with Crippen LogP contribution < -0.4 is 9.80 Å². The molecule has 0 aliphatic carbocycles. The van der Waals surface area contributed by atoms with Crippen LogP contribution in [0.25, 0.3) is 0 Å². The summed E-state index contributed by atoms with van der Waals surface area (Å²) in [5, 5.41) is 0. The van der Waals surface area contributed by atoms with E-state index in [2.05, 4.69) is 82.6 Å². The van der Waals surface area contributed by atoms with Crippen molar-refractivity contribution in [3.63, 3.8) is 0 Å². The molecule has 0 unspecified atom stereocenters. The number of amides is 1. The summed E-state index contributed by atoms with van der Waals surface area (Å²) in [4.78, 5) is 19.6. The van der Waals surface area contributed by atoms with Crippen molar-refractivity contribution in [1.29, 1.82) is 0 Å². The zero-order valence-corrected chi connectivity index (χ0v) is 17.4. The van der Waals surface area contributed by atoms with Crippen molar-refractivity contribution in [3.8, 4) is 0 Å². The zero-order chi connectivity index (χ0) is 20.6. The number of carbonyl (C=O) groups is 1. The number of piperazine rings is 1. The Morgan fingerprint density at radius 1 is 0.733 bits per heavy atom. The number of hydrogen-bond donors (Lipinski definition) is 0.